The summed E-state index contributed by atoms with van der Waals surface area (Å²) in [6.45, 7) is 1.75. The lowest BCUT2D eigenvalue weighted by Crippen LogP contribution is -2.27. The number of ether oxygens (including phenoxy) is 1. The second-order valence-electron chi connectivity index (χ2n) is 4.11. The molecule has 1 aromatic carbocycles. The van der Waals surface area contributed by atoms with Crippen LogP contribution in [0.3, 0.4) is 0 Å². The Morgan fingerprint density at radius 1 is 1.32 bits per heavy atom. The van der Waals surface area contributed by atoms with Crippen LogP contribution in [-0.2, 0) is 16.0 Å². The molecule has 2 aromatic rings. The number of methoxy groups -OCH3 is 1. The Bertz CT molecular complexity index is 647. The predicted octanol–water partition coefficient (Wildman–Crippen LogP) is 1.26. The molecule has 0 N–H and O–H groups in total. The van der Waals surface area contributed by atoms with Crippen molar-refractivity contribution in [2.45, 2.75) is 13.3 Å². The van der Waals surface area contributed by atoms with Gasteiger partial charge in [-0.25, -0.2) is 0 Å². The van der Waals surface area contributed by atoms with E-state index in [4.69, 9.17) is 0 Å². The van der Waals surface area contributed by atoms with Gasteiger partial charge >= 0.3 is 5.97 Å². The number of hydrogen-bond acceptors (Lipinski definition) is 4. The molecule has 0 spiro atoms. The molecular weight excluding hydrogens is 244 g/mol. The van der Waals surface area contributed by atoms with Crippen LogP contribution in [0.2, 0.25) is 0 Å². The van der Waals surface area contributed by atoms with Crippen molar-refractivity contribution in [2.75, 3.05) is 7.11 Å². The first-order valence-electron chi connectivity index (χ1n) is 5.83. The van der Waals surface area contributed by atoms with E-state index in [2.05, 4.69) is 9.84 Å². The number of rotatable bonds is 3. The second kappa shape index (κ2) is 5.48. The fraction of sp³-hybridized carbons (Fsp3) is 0.214. The van der Waals surface area contributed by atoms with Crippen molar-refractivity contribution in [3.05, 3.63) is 58.0 Å². The van der Waals surface area contributed by atoms with Crippen LogP contribution in [0.1, 0.15) is 11.1 Å². The molecule has 0 aliphatic heterocycles. The number of aromatic nitrogens is 2. The van der Waals surface area contributed by atoms with Crippen LogP contribution in [0, 0.1) is 6.92 Å². The number of benzene rings is 1. The third-order valence-corrected chi connectivity index (χ3v) is 2.84. The number of nitrogens with zero attached hydrogens (tertiary/aromatic N) is 2. The van der Waals surface area contributed by atoms with Crippen LogP contribution >= 0.6 is 0 Å². The van der Waals surface area contributed by atoms with Gasteiger partial charge in [-0.3, -0.25) is 9.59 Å². The first-order valence-corrected chi connectivity index (χ1v) is 5.83. The minimum Gasteiger partial charge on any atom is -0.469 e. The molecule has 5 heteroatoms. The lowest BCUT2D eigenvalue weighted by molar-refractivity contribution is -0.139. The Hall–Kier alpha value is -2.43. The van der Waals surface area contributed by atoms with Crippen molar-refractivity contribution in [3.8, 4) is 5.69 Å². The fourth-order valence-electron chi connectivity index (χ4n) is 1.76. The van der Waals surface area contributed by atoms with Crippen LogP contribution in [0.25, 0.3) is 5.69 Å². The maximum atomic E-state index is 12.3. The molecule has 0 saturated carbocycles. The first kappa shape index (κ1) is 13.0. The SMILES string of the molecule is COC(=O)Cc1c(C)cnn(-c2ccccc2)c1=O. The summed E-state index contributed by atoms with van der Waals surface area (Å²) in [6, 6.07) is 9.07. The number of aryl methyl sites for hydroxylation is 1. The number of hydrogen-bond donors (Lipinski definition) is 0. The Morgan fingerprint density at radius 3 is 2.63 bits per heavy atom. The van der Waals surface area contributed by atoms with E-state index in [1.54, 1.807) is 25.3 Å². The van der Waals surface area contributed by atoms with Gasteiger partial charge in [0.15, 0.2) is 0 Å². The topological polar surface area (TPSA) is 61.2 Å². The van der Waals surface area contributed by atoms with Crippen molar-refractivity contribution >= 4 is 5.97 Å². The van der Waals surface area contributed by atoms with Crippen LogP contribution in [0.15, 0.2) is 41.3 Å². The Balaban J connectivity index is 2.52. The van der Waals surface area contributed by atoms with E-state index in [9.17, 15) is 9.59 Å². The average molecular weight is 258 g/mol. The summed E-state index contributed by atoms with van der Waals surface area (Å²) in [5.74, 6) is -0.439. The average Bonchev–Trinajstić information content (AvgIpc) is 2.44. The Labute approximate surface area is 110 Å². The lowest BCUT2D eigenvalue weighted by Gasteiger charge is -2.08. The number of carbonyl (C=O) groups excluding carboxylic acids is 1. The maximum Gasteiger partial charge on any atom is 0.310 e. The van der Waals surface area contributed by atoms with Gasteiger partial charge in [0.05, 0.1) is 25.4 Å². The fourth-order valence-corrected chi connectivity index (χ4v) is 1.76. The Kier molecular flexibility index (Phi) is 3.75. The minimum atomic E-state index is -0.439. The van der Waals surface area contributed by atoms with Crippen molar-refractivity contribution < 1.29 is 9.53 Å². The van der Waals surface area contributed by atoms with E-state index in [1.165, 1.54) is 11.8 Å². The lowest BCUT2D eigenvalue weighted by atomic mass is 10.1. The molecular formula is C14H14N2O3. The van der Waals surface area contributed by atoms with Gasteiger partial charge in [0.2, 0.25) is 0 Å². The van der Waals surface area contributed by atoms with Crippen LogP contribution in [-0.4, -0.2) is 22.9 Å². The van der Waals surface area contributed by atoms with Gasteiger partial charge in [0, 0.05) is 5.56 Å². The monoisotopic (exact) mass is 258 g/mol. The van der Waals surface area contributed by atoms with Gasteiger partial charge in [0.1, 0.15) is 0 Å². The highest BCUT2D eigenvalue weighted by Gasteiger charge is 2.13. The highest BCUT2D eigenvalue weighted by molar-refractivity contribution is 5.72. The molecule has 0 saturated heterocycles. The first-order chi connectivity index (χ1) is 9.13. The van der Waals surface area contributed by atoms with E-state index < -0.39 is 5.97 Å². The molecule has 0 atom stereocenters. The zero-order valence-corrected chi connectivity index (χ0v) is 10.8. The third kappa shape index (κ3) is 2.70. The molecule has 0 fully saturated rings. The zero-order valence-electron chi connectivity index (χ0n) is 10.8. The highest BCUT2D eigenvalue weighted by Crippen LogP contribution is 2.06. The van der Waals surface area contributed by atoms with Gasteiger partial charge in [-0.2, -0.15) is 9.78 Å². The van der Waals surface area contributed by atoms with E-state index in [1.807, 2.05) is 18.2 Å². The second-order valence-corrected chi connectivity index (χ2v) is 4.11. The summed E-state index contributed by atoms with van der Waals surface area (Å²) in [4.78, 5) is 23.7. The van der Waals surface area contributed by atoms with Crippen LogP contribution in [0.5, 0.6) is 0 Å². The van der Waals surface area contributed by atoms with Gasteiger partial charge in [-0.15, -0.1) is 0 Å². The van der Waals surface area contributed by atoms with E-state index in [0.29, 0.717) is 16.8 Å². The molecule has 0 bridgehead atoms. The summed E-state index contributed by atoms with van der Waals surface area (Å²) >= 11 is 0. The van der Waals surface area contributed by atoms with Gasteiger partial charge in [-0.1, -0.05) is 18.2 Å². The predicted molar refractivity (Wildman–Crippen MR) is 70.3 cm³/mol. The van der Waals surface area contributed by atoms with Crippen molar-refractivity contribution in [1.82, 2.24) is 9.78 Å². The molecule has 1 aromatic heterocycles. The van der Waals surface area contributed by atoms with E-state index >= 15 is 0 Å². The van der Waals surface area contributed by atoms with Crippen molar-refractivity contribution in [3.63, 3.8) is 0 Å². The molecule has 19 heavy (non-hydrogen) atoms. The van der Waals surface area contributed by atoms with E-state index in [-0.39, 0.29) is 12.0 Å². The zero-order chi connectivity index (χ0) is 13.8. The molecule has 98 valence electrons. The van der Waals surface area contributed by atoms with Crippen LogP contribution < -0.4 is 5.56 Å². The van der Waals surface area contributed by atoms with Crippen LogP contribution in [0.4, 0.5) is 0 Å². The number of para-hydroxylation sites is 1. The molecule has 2 rings (SSSR count). The van der Waals surface area contributed by atoms with Gasteiger partial charge < -0.3 is 4.74 Å². The smallest absolute Gasteiger partial charge is 0.310 e. The van der Waals surface area contributed by atoms with Crippen molar-refractivity contribution in [1.29, 1.82) is 0 Å². The molecule has 0 aliphatic carbocycles. The molecule has 0 amide bonds. The third-order valence-electron chi connectivity index (χ3n) is 2.84. The normalized spacial score (nSPS) is 10.2. The largest absolute Gasteiger partial charge is 0.469 e. The molecule has 0 radical (unpaired) electrons. The van der Waals surface area contributed by atoms with Gasteiger partial charge in [0.25, 0.3) is 5.56 Å². The van der Waals surface area contributed by atoms with E-state index in [0.717, 1.165) is 0 Å². The maximum absolute atomic E-state index is 12.3. The van der Waals surface area contributed by atoms with Gasteiger partial charge in [-0.05, 0) is 24.6 Å². The summed E-state index contributed by atoms with van der Waals surface area (Å²) in [7, 11) is 1.30. The summed E-state index contributed by atoms with van der Waals surface area (Å²) in [5, 5.41) is 4.09. The minimum absolute atomic E-state index is 0.0451. The summed E-state index contributed by atoms with van der Waals surface area (Å²) < 4.78 is 5.89. The Morgan fingerprint density at radius 2 is 2.00 bits per heavy atom. The molecule has 5 nitrogen and oxygen atoms in total. The number of esters is 1. The number of carbonyl (C=O) groups is 1. The summed E-state index contributed by atoms with van der Waals surface area (Å²) in [6.07, 6.45) is 1.53. The summed E-state index contributed by atoms with van der Waals surface area (Å²) in [5.41, 5.74) is 1.46. The molecule has 0 aliphatic rings. The standard InChI is InChI=1S/C14H14N2O3/c1-10-9-15-16(11-6-4-3-5-7-11)14(18)12(10)8-13(17)19-2/h3-7,9H,8H2,1-2H3. The van der Waals surface area contributed by atoms with Crippen molar-refractivity contribution in [2.24, 2.45) is 0 Å². The molecule has 0 unspecified atom stereocenters. The highest BCUT2D eigenvalue weighted by atomic mass is 16.5. The molecule has 1 heterocycles. The quantitative estimate of drug-likeness (QED) is 0.777.